The molecular weight excluding hydrogens is 653 g/mol. The number of carbonyl (C=O) groups excluding carboxylic acids is 2. The minimum atomic E-state index is -4.56. The fraction of sp³-hybridized carbons (Fsp3) is 0.500. The number of carbonyl (C=O) groups is 2. The summed E-state index contributed by atoms with van der Waals surface area (Å²) < 4.78 is 57.1. The molecule has 270 valence electrons. The van der Waals surface area contributed by atoms with Gasteiger partial charge in [-0.25, -0.2) is 9.78 Å². The van der Waals surface area contributed by atoms with E-state index in [9.17, 15) is 22.8 Å². The van der Waals surface area contributed by atoms with Crippen LogP contribution in [0.2, 0.25) is 0 Å². The second kappa shape index (κ2) is 15.2. The highest BCUT2D eigenvalue weighted by atomic mass is 19.4. The molecule has 2 atom stereocenters. The fourth-order valence-electron chi connectivity index (χ4n) is 6.03. The summed E-state index contributed by atoms with van der Waals surface area (Å²) >= 11 is 0. The molecule has 2 unspecified atom stereocenters. The zero-order valence-electron chi connectivity index (χ0n) is 29.3. The lowest BCUT2D eigenvalue weighted by Gasteiger charge is -2.44. The highest BCUT2D eigenvalue weighted by Gasteiger charge is 2.35. The molecule has 2 aliphatic heterocycles. The first-order valence-corrected chi connectivity index (χ1v) is 16.8. The van der Waals surface area contributed by atoms with Gasteiger partial charge in [0, 0.05) is 73.4 Å². The van der Waals surface area contributed by atoms with E-state index < -0.39 is 23.2 Å². The highest BCUT2D eigenvalue weighted by molar-refractivity contribution is 6.04. The minimum absolute atomic E-state index is 0.0395. The lowest BCUT2D eigenvalue weighted by molar-refractivity contribution is -0.137. The van der Waals surface area contributed by atoms with E-state index in [0.717, 1.165) is 23.4 Å². The molecule has 14 heteroatoms. The van der Waals surface area contributed by atoms with Gasteiger partial charge >= 0.3 is 12.3 Å². The zero-order valence-corrected chi connectivity index (χ0v) is 29.3. The van der Waals surface area contributed by atoms with Crippen LogP contribution in [0.3, 0.4) is 0 Å². The summed E-state index contributed by atoms with van der Waals surface area (Å²) in [5.41, 5.74) is 1.66. The van der Waals surface area contributed by atoms with Crippen molar-refractivity contribution in [2.75, 3.05) is 62.8 Å². The molecule has 0 radical (unpaired) electrons. The van der Waals surface area contributed by atoms with E-state index >= 15 is 0 Å². The average Bonchev–Trinajstić information content (AvgIpc) is 3.07. The second-order valence-corrected chi connectivity index (χ2v) is 13.6. The Morgan fingerprint density at radius 3 is 2.42 bits per heavy atom. The monoisotopic (exact) mass is 698 g/mol. The maximum Gasteiger partial charge on any atom is 0.416 e. The third-order valence-corrected chi connectivity index (χ3v) is 8.93. The van der Waals surface area contributed by atoms with Crippen molar-refractivity contribution in [3.05, 3.63) is 65.6 Å². The van der Waals surface area contributed by atoms with E-state index in [-0.39, 0.29) is 23.7 Å². The molecular formula is C36H45F3N6O5. The Balaban J connectivity index is 1.30. The molecule has 0 aliphatic carbocycles. The van der Waals surface area contributed by atoms with Gasteiger partial charge in [-0.1, -0.05) is 6.07 Å². The summed E-state index contributed by atoms with van der Waals surface area (Å²) in [6.45, 7) is 16.2. The first kappa shape index (κ1) is 36.8. The van der Waals surface area contributed by atoms with Crippen LogP contribution in [0, 0.1) is 6.92 Å². The van der Waals surface area contributed by atoms with Crippen LogP contribution in [-0.4, -0.2) is 102 Å². The Hall–Kier alpha value is -4.43. The van der Waals surface area contributed by atoms with Crippen LogP contribution in [0.4, 0.5) is 29.3 Å². The van der Waals surface area contributed by atoms with E-state index in [1.54, 1.807) is 17.2 Å². The Kier molecular flexibility index (Phi) is 11.2. The van der Waals surface area contributed by atoms with Crippen molar-refractivity contribution in [3.63, 3.8) is 0 Å². The number of anilines is 2. The summed E-state index contributed by atoms with van der Waals surface area (Å²) in [7, 11) is 0. The van der Waals surface area contributed by atoms with Crippen LogP contribution in [0.1, 0.15) is 56.2 Å². The third kappa shape index (κ3) is 9.02. The van der Waals surface area contributed by atoms with Gasteiger partial charge in [0.2, 0.25) is 5.88 Å². The lowest BCUT2D eigenvalue weighted by Crippen LogP contribution is -2.60. The lowest BCUT2D eigenvalue weighted by atomic mass is 10.0. The van der Waals surface area contributed by atoms with Crippen molar-refractivity contribution in [2.24, 2.45) is 0 Å². The SMILES string of the molecule is Cc1ncc(NC(=O)c2cccc(C(F)(F)F)c2)cc1-c1cnc(OCCN2CCN(C(=O)OC(C)(C)C)C(C)C2C)c(N2CCOCC2)c1. The molecule has 11 nitrogen and oxygen atoms in total. The van der Waals surface area contributed by atoms with Crippen molar-refractivity contribution >= 4 is 23.4 Å². The molecule has 1 N–H and O–H groups in total. The smallest absolute Gasteiger partial charge is 0.416 e. The van der Waals surface area contributed by atoms with E-state index in [1.165, 1.54) is 18.3 Å². The number of benzene rings is 1. The van der Waals surface area contributed by atoms with Crippen molar-refractivity contribution in [1.82, 2.24) is 19.8 Å². The standard InChI is InChI=1S/C36H45F3N6O5/c1-23-30(20-29(22-40-23)42-32(46)26-8-7-9-28(18-26)36(37,38)39)27-19-31(44-12-15-48-16-13-44)33(41-21-27)49-17-14-43-10-11-45(25(3)24(43)2)34(47)50-35(4,5)6/h7-9,18-22,24-25H,10-17H2,1-6H3,(H,42,46). The summed E-state index contributed by atoms with van der Waals surface area (Å²) in [4.78, 5) is 41.1. The second-order valence-electron chi connectivity index (χ2n) is 13.6. The molecule has 3 aromatic rings. The van der Waals surface area contributed by atoms with Gasteiger partial charge in [0.1, 0.15) is 17.9 Å². The number of aryl methyl sites for hydroxylation is 1. The van der Waals surface area contributed by atoms with Gasteiger partial charge < -0.3 is 29.3 Å². The van der Waals surface area contributed by atoms with Crippen LogP contribution in [0.25, 0.3) is 11.1 Å². The molecule has 2 aromatic heterocycles. The molecule has 2 amide bonds. The number of nitrogens with zero attached hydrogens (tertiary/aromatic N) is 5. The number of amides is 2. The number of pyridine rings is 2. The number of aromatic nitrogens is 2. The quantitative estimate of drug-likeness (QED) is 0.291. The molecule has 5 rings (SSSR count). The molecule has 0 spiro atoms. The summed E-state index contributed by atoms with van der Waals surface area (Å²) in [6.07, 6.45) is -1.72. The normalized spacial score (nSPS) is 18.9. The number of nitrogens with one attached hydrogen (secondary N) is 1. The van der Waals surface area contributed by atoms with Gasteiger partial charge in [-0.2, -0.15) is 13.2 Å². The largest absolute Gasteiger partial charge is 0.475 e. The Morgan fingerprint density at radius 2 is 1.72 bits per heavy atom. The van der Waals surface area contributed by atoms with Gasteiger partial charge in [-0.15, -0.1) is 0 Å². The Morgan fingerprint density at radius 1 is 0.980 bits per heavy atom. The van der Waals surface area contributed by atoms with Gasteiger partial charge in [0.25, 0.3) is 5.91 Å². The van der Waals surface area contributed by atoms with Crippen LogP contribution in [0.5, 0.6) is 5.88 Å². The number of halogens is 3. The number of alkyl halides is 3. The van der Waals surface area contributed by atoms with Gasteiger partial charge in [-0.3, -0.25) is 14.7 Å². The fourth-order valence-corrected chi connectivity index (χ4v) is 6.03. The average molecular weight is 699 g/mol. The maximum absolute atomic E-state index is 13.2. The molecule has 1 aromatic carbocycles. The van der Waals surface area contributed by atoms with E-state index in [4.69, 9.17) is 19.2 Å². The summed E-state index contributed by atoms with van der Waals surface area (Å²) in [5, 5.41) is 2.67. The molecule has 4 heterocycles. The van der Waals surface area contributed by atoms with Crippen LogP contribution in [-0.2, 0) is 15.7 Å². The van der Waals surface area contributed by atoms with Crippen molar-refractivity contribution < 1.29 is 37.0 Å². The number of ether oxygens (including phenoxy) is 3. The molecule has 0 saturated carbocycles. The molecule has 2 saturated heterocycles. The van der Waals surface area contributed by atoms with E-state index in [2.05, 4.69) is 27.0 Å². The first-order valence-electron chi connectivity index (χ1n) is 16.8. The van der Waals surface area contributed by atoms with Gasteiger partial charge in [0.15, 0.2) is 0 Å². The van der Waals surface area contributed by atoms with Crippen molar-refractivity contribution in [3.8, 4) is 17.0 Å². The van der Waals surface area contributed by atoms with E-state index in [0.29, 0.717) is 75.4 Å². The number of hydrogen-bond donors (Lipinski definition) is 1. The predicted octanol–water partition coefficient (Wildman–Crippen LogP) is 6.27. The predicted molar refractivity (Wildman–Crippen MR) is 184 cm³/mol. The number of rotatable bonds is 8. The third-order valence-electron chi connectivity index (χ3n) is 8.93. The van der Waals surface area contributed by atoms with E-state index in [1.807, 2.05) is 40.7 Å². The first-order chi connectivity index (χ1) is 23.6. The molecule has 50 heavy (non-hydrogen) atoms. The molecule has 2 fully saturated rings. The van der Waals surface area contributed by atoms with Crippen molar-refractivity contribution in [1.29, 1.82) is 0 Å². The minimum Gasteiger partial charge on any atom is -0.475 e. The van der Waals surface area contributed by atoms with Crippen LogP contribution >= 0.6 is 0 Å². The number of hydrogen-bond acceptors (Lipinski definition) is 9. The maximum atomic E-state index is 13.2. The van der Waals surface area contributed by atoms with Crippen molar-refractivity contribution in [2.45, 2.75) is 65.4 Å². The van der Waals surface area contributed by atoms with Gasteiger partial charge in [-0.05, 0) is 71.9 Å². The Bertz CT molecular complexity index is 1670. The zero-order chi connectivity index (χ0) is 36.2. The molecule has 0 bridgehead atoms. The van der Waals surface area contributed by atoms with Crippen LogP contribution in [0.15, 0.2) is 48.8 Å². The number of piperazine rings is 1. The van der Waals surface area contributed by atoms with Crippen LogP contribution < -0.4 is 15.0 Å². The number of morpholine rings is 1. The molecule has 2 aliphatic rings. The Labute approximate surface area is 290 Å². The van der Waals surface area contributed by atoms with Gasteiger partial charge in [0.05, 0.1) is 30.7 Å². The highest BCUT2D eigenvalue weighted by Crippen LogP contribution is 2.34. The summed E-state index contributed by atoms with van der Waals surface area (Å²) in [5.74, 6) is -0.207. The summed E-state index contributed by atoms with van der Waals surface area (Å²) in [6, 6.07) is 8.02. The topological polar surface area (TPSA) is 109 Å².